The number of anilines is 1. The second kappa shape index (κ2) is 9.84. The topological polar surface area (TPSA) is 106 Å². The Hall–Kier alpha value is -2.70. The molecule has 2 heterocycles. The normalized spacial score (nSPS) is 22.3. The van der Waals surface area contributed by atoms with Gasteiger partial charge in [-0.15, -0.1) is 0 Å². The molecule has 12 heteroatoms. The average molecular weight is 460 g/mol. The monoisotopic (exact) mass is 460 g/mol. The van der Waals surface area contributed by atoms with Crippen LogP contribution in [0.3, 0.4) is 0 Å². The molecule has 1 aromatic rings. The molecule has 0 radical (unpaired) electrons. The van der Waals surface area contributed by atoms with Crippen molar-refractivity contribution in [2.24, 2.45) is 0 Å². The van der Waals surface area contributed by atoms with Crippen LogP contribution < -0.4 is 4.90 Å². The van der Waals surface area contributed by atoms with Crippen LogP contribution in [0, 0.1) is 0 Å². The maximum atomic E-state index is 13.9. The van der Waals surface area contributed by atoms with E-state index in [1.165, 1.54) is 29.2 Å². The van der Waals surface area contributed by atoms with E-state index in [-0.39, 0.29) is 50.7 Å². The lowest BCUT2D eigenvalue weighted by molar-refractivity contribution is -0.194. The predicted molar refractivity (Wildman–Crippen MR) is 103 cm³/mol. The number of carbonyl (C=O) groups excluding carboxylic acids is 2. The van der Waals surface area contributed by atoms with Gasteiger partial charge in [-0.3, -0.25) is 14.5 Å². The number of morpholine rings is 2. The lowest BCUT2D eigenvalue weighted by atomic mass is 10.0. The molecule has 176 valence electrons. The molecule has 0 spiro atoms. The molecule has 9 nitrogen and oxygen atoms in total. The Morgan fingerprint density at radius 1 is 1.19 bits per heavy atom. The van der Waals surface area contributed by atoms with Crippen LogP contribution in [-0.4, -0.2) is 85.7 Å². The second-order valence-corrected chi connectivity index (χ2v) is 7.34. The standard InChI is InChI=1S/C20H23F3N2O7/c1-12(26)32-16(19(28)29)15-18(27)25(7-10-31-15)14-4-2-3-13(11-14)17(20(21,22)23)24-5-8-30-9-6-24/h2-4,11,15-17H,5-10H2,1H3,(H,28,29)/t15-,16-,17?/m1/s1. The van der Waals surface area contributed by atoms with Gasteiger partial charge < -0.3 is 24.2 Å². The lowest BCUT2D eigenvalue weighted by Gasteiger charge is -2.37. The minimum atomic E-state index is -4.56. The summed E-state index contributed by atoms with van der Waals surface area (Å²) in [6, 6.07) is 3.57. The summed E-state index contributed by atoms with van der Waals surface area (Å²) >= 11 is 0. The molecule has 1 N–H and O–H groups in total. The molecule has 0 aromatic heterocycles. The van der Waals surface area contributed by atoms with Gasteiger partial charge in [-0.05, 0) is 17.7 Å². The van der Waals surface area contributed by atoms with Gasteiger partial charge in [-0.1, -0.05) is 12.1 Å². The van der Waals surface area contributed by atoms with Crippen molar-refractivity contribution in [2.75, 3.05) is 44.4 Å². The van der Waals surface area contributed by atoms with E-state index in [1.807, 2.05) is 0 Å². The number of carbonyl (C=O) groups is 3. The van der Waals surface area contributed by atoms with Gasteiger partial charge in [0.15, 0.2) is 6.10 Å². The number of nitrogens with zero attached hydrogens (tertiary/aromatic N) is 2. The molecular formula is C20H23F3N2O7. The SMILES string of the molecule is CC(=O)O[C@@H](C(=O)O)[C@H]1OCCN(c2cccc(C(N3CCOCC3)C(F)(F)F)c2)C1=O. The number of hydrogen-bond acceptors (Lipinski definition) is 7. The number of carboxylic acid groups (broad SMARTS) is 1. The molecule has 32 heavy (non-hydrogen) atoms. The number of ether oxygens (including phenoxy) is 3. The van der Waals surface area contributed by atoms with Gasteiger partial charge >= 0.3 is 18.1 Å². The summed E-state index contributed by atoms with van der Waals surface area (Å²) in [4.78, 5) is 38.1. The number of esters is 1. The molecule has 1 amide bonds. The number of aliphatic carboxylic acids is 1. The summed E-state index contributed by atoms with van der Waals surface area (Å²) in [6.07, 6.45) is -8.05. The third-order valence-electron chi connectivity index (χ3n) is 5.15. The number of benzene rings is 1. The van der Waals surface area contributed by atoms with Crippen molar-refractivity contribution in [3.63, 3.8) is 0 Å². The van der Waals surface area contributed by atoms with Crippen molar-refractivity contribution in [2.45, 2.75) is 31.3 Å². The Bertz CT molecular complexity index is 858. The molecule has 2 aliphatic rings. The van der Waals surface area contributed by atoms with E-state index in [1.54, 1.807) is 0 Å². The van der Waals surface area contributed by atoms with Crippen LogP contribution in [0.15, 0.2) is 24.3 Å². The van der Waals surface area contributed by atoms with E-state index < -0.39 is 42.3 Å². The Morgan fingerprint density at radius 3 is 2.47 bits per heavy atom. The molecule has 0 saturated carbocycles. The molecule has 3 atom stereocenters. The first kappa shape index (κ1) is 24.0. The largest absolute Gasteiger partial charge is 0.478 e. The first-order valence-corrected chi connectivity index (χ1v) is 9.91. The van der Waals surface area contributed by atoms with Crippen LogP contribution in [0.25, 0.3) is 0 Å². The van der Waals surface area contributed by atoms with Crippen molar-refractivity contribution >= 4 is 23.5 Å². The maximum Gasteiger partial charge on any atom is 0.408 e. The fourth-order valence-corrected chi connectivity index (χ4v) is 3.81. The van der Waals surface area contributed by atoms with Gasteiger partial charge in [-0.25, -0.2) is 4.79 Å². The van der Waals surface area contributed by atoms with E-state index in [4.69, 9.17) is 14.2 Å². The minimum absolute atomic E-state index is 0.000560. The van der Waals surface area contributed by atoms with Crippen molar-refractivity contribution < 1.29 is 46.9 Å². The summed E-state index contributed by atoms with van der Waals surface area (Å²) in [6.45, 7) is 1.49. The van der Waals surface area contributed by atoms with Gasteiger partial charge in [0.05, 0.1) is 19.8 Å². The van der Waals surface area contributed by atoms with E-state index in [0.717, 1.165) is 11.8 Å². The number of carboxylic acids is 1. The zero-order valence-corrected chi connectivity index (χ0v) is 17.2. The molecule has 0 aliphatic carbocycles. The number of halogens is 3. The third-order valence-corrected chi connectivity index (χ3v) is 5.15. The predicted octanol–water partition coefficient (Wildman–Crippen LogP) is 1.37. The minimum Gasteiger partial charge on any atom is -0.478 e. The van der Waals surface area contributed by atoms with Gasteiger partial charge in [0.1, 0.15) is 6.04 Å². The maximum absolute atomic E-state index is 13.9. The quantitative estimate of drug-likeness (QED) is 0.635. The van der Waals surface area contributed by atoms with Crippen LogP contribution in [-0.2, 0) is 28.6 Å². The highest BCUT2D eigenvalue weighted by Gasteiger charge is 2.46. The molecule has 1 unspecified atom stereocenters. The van der Waals surface area contributed by atoms with Crippen molar-refractivity contribution in [1.82, 2.24) is 4.90 Å². The average Bonchev–Trinajstić information content (AvgIpc) is 2.72. The van der Waals surface area contributed by atoms with Crippen molar-refractivity contribution in [3.8, 4) is 0 Å². The Balaban J connectivity index is 1.89. The number of amides is 1. The Labute approximate surface area is 181 Å². The number of rotatable bonds is 6. The highest BCUT2D eigenvalue weighted by atomic mass is 19.4. The lowest BCUT2D eigenvalue weighted by Crippen LogP contribution is -2.55. The highest BCUT2D eigenvalue weighted by Crippen LogP contribution is 2.39. The Morgan fingerprint density at radius 2 is 1.88 bits per heavy atom. The summed E-state index contributed by atoms with van der Waals surface area (Å²) in [5, 5.41) is 9.33. The van der Waals surface area contributed by atoms with Gasteiger partial charge in [0, 0.05) is 32.2 Å². The molecule has 2 saturated heterocycles. The van der Waals surface area contributed by atoms with Gasteiger partial charge in [-0.2, -0.15) is 13.2 Å². The zero-order chi connectivity index (χ0) is 23.5. The summed E-state index contributed by atoms with van der Waals surface area (Å²) < 4.78 is 56.9. The fraction of sp³-hybridized carbons (Fsp3) is 0.550. The van der Waals surface area contributed by atoms with E-state index in [0.29, 0.717) is 0 Å². The molecule has 2 aliphatic heterocycles. The van der Waals surface area contributed by atoms with Crippen molar-refractivity contribution in [1.29, 1.82) is 0 Å². The molecule has 0 bridgehead atoms. The van der Waals surface area contributed by atoms with Crippen LogP contribution in [0.5, 0.6) is 0 Å². The highest BCUT2D eigenvalue weighted by molar-refractivity contribution is 6.00. The summed E-state index contributed by atoms with van der Waals surface area (Å²) in [5.41, 5.74) is 0.109. The Kier molecular flexibility index (Phi) is 7.36. The molecule has 3 rings (SSSR count). The summed E-state index contributed by atoms with van der Waals surface area (Å²) in [5.74, 6) is -3.30. The number of hydrogen-bond donors (Lipinski definition) is 1. The zero-order valence-electron chi connectivity index (χ0n) is 17.2. The third kappa shape index (κ3) is 5.37. The first-order valence-electron chi connectivity index (χ1n) is 9.91. The van der Waals surface area contributed by atoms with E-state index in [9.17, 15) is 32.7 Å². The van der Waals surface area contributed by atoms with Gasteiger partial charge in [0.25, 0.3) is 5.91 Å². The van der Waals surface area contributed by atoms with E-state index >= 15 is 0 Å². The molecule has 2 fully saturated rings. The molecular weight excluding hydrogens is 437 g/mol. The smallest absolute Gasteiger partial charge is 0.408 e. The summed E-state index contributed by atoms with van der Waals surface area (Å²) in [7, 11) is 0. The van der Waals surface area contributed by atoms with Crippen molar-refractivity contribution in [3.05, 3.63) is 29.8 Å². The second-order valence-electron chi connectivity index (χ2n) is 7.34. The first-order chi connectivity index (χ1) is 15.1. The van der Waals surface area contributed by atoms with Crippen LogP contribution in [0.2, 0.25) is 0 Å². The van der Waals surface area contributed by atoms with E-state index in [2.05, 4.69) is 0 Å². The van der Waals surface area contributed by atoms with Crippen LogP contribution >= 0.6 is 0 Å². The van der Waals surface area contributed by atoms with Gasteiger partial charge in [0.2, 0.25) is 6.10 Å². The fourth-order valence-electron chi connectivity index (χ4n) is 3.81. The van der Waals surface area contributed by atoms with Crippen LogP contribution in [0.1, 0.15) is 18.5 Å². The number of alkyl halides is 3. The van der Waals surface area contributed by atoms with Crippen LogP contribution in [0.4, 0.5) is 18.9 Å². The molecule has 1 aromatic carbocycles.